The van der Waals surface area contributed by atoms with Crippen molar-refractivity contribution in [1.82, 2.24) is 0 Å². The van der Waals surface area contributed by atoms with Crippen molar-refractivity contribution in [3.8, 4) is 0 Å². The number of fused-ring (bicyclic) bond motifs is 1. The average Bonchev–Trinajstić information content (AvgIpc) is 2.30. The van der Waals surface area contributed by atoms with Crippen LogP contribution in [0.2, 0.25) is 0 Å². The summed E-state index contributed by atoms with van der Waals surface area (Å²) in [6.45, 7) is 8.11. The fraction of sp³-hybridized carbons (Fsp3) is 1.00. The van der Waals surface area contributed by atoms with Crippen molar-refractivity contribution in [1.29, 1.82) is 0 Å². The lowest BCUT2D eigenvalue weighted by Gasteiger charge is -2.49. The van der Waals surface area contributed by atoms with Gasteiger partial charge in [-0.2, -0.15) is 0 Å². The van der Waals surface area contributed by atoms with E-state index in [-0.39, 0.29) is 5.60 Å². The van der Waals surface area contributed by atoms with Crippen LogP contribution in [0.25, 0.3) is 0 Å². The third-order valence-electron chi connectivity index (χ3n) is 4.62. The summed E-state index contributed by atoms with van der Waals surface area (Å²) >= 11 is 0. The van der Waals surface area contributed by atoms with Gasteiger partial charge in [-0.3, -0.25) is 0 Å². The van der Waals surface area contributed by atoms with E-state index in [1.54, 1.807) is 0 Å². The number of hydrogen-bond donors (Lipinski definition) is 0. The lowest BCUT2D eigenvalue weighted by molar-refractivity contribution is -0.159. The van der Waals surface area contributed by atoms with Gasteiger partial charge in [-0.25, -0.2) is 0 Å². The summed E-state index contributed by atoms with van der Waals surface area (Å²) < 4.78 is 5.96. The van der Waals surface area contributed by atoms with Crippen molar-refractivity contribution in [2.45, 2.75) is 52.1 Å². The van der Waals surface area contributed by atoms with E-state index < -0.39 is 0 Å². The standard InChI is InChI=1S/C11H20O/c1-9-5-8-12-11(3)7-4-6-10(9,11)2/h9H,4-8H2,1-3H3/t9-,10-,11-/m1/s1. The molecule has 0 radical (unpaired) electrons. The zero-order valence-electron chi connectivity index (χ0n) is 8.52. The summed E-state index contributed by atoms with van der Waals surface area (Å²) in [6.07, 6.45) is 5.25. The maximum absolute atomic E-state index is 5.96. The molecule has 0 aromatic heterocycles. The van der Waals surface area contributed by atoms with E-state index in [1.165, 1.54) is 25.7 Å². The average molecular weight is 168 g/mol. The Morgan fingerprint density at radius 2 is 2.00 bits per heavy atom. The third-order valence-corrected chi connectivity index (χ3v) is 4.62. The minimum absolute atomic E-state index is 0.199. The van der Waals surface area contributed by atoms with Gasteiger partial charge in [-0.05, 0) is 43.9 Å². The highest BCUT2D eigenvalue weighted by Gasteiger charge is 2.54. The normalized spacial score (nSPS) is 53.8. The fourth-order valence-corrected chi connectivity index (χ4v) is 3.13. The van der Waals surface area contributed by atoms with Crippen molar-refractivity contribution >= 4 is 0 Å². The van der Waals surface area contributed by atoms with Gasteiger partial charge in [0.1, 0.15) is 0 Å². The highest BCUT2D eigenvalue weighted by molar-refractivity contribution is 5.04. The van der Waals surface area contributed by atoms with Gasteiger partial charge in [0.2, 0.25) is 0 Å². The largest absolute Gasteiger partial charge is 0.375 e. The molecule has 12 heavy (non-hydrogen) atoms. The first-order chi connectivity index (χ1) is 5.58. The van der Waals surface area contributed by atoms with E-state index >= 15 is 0 Å². The SMILES string of the molecule is C[C@@H]1CCO[C@]2(C)CCC[C@]12C. The van der Waals surface area contributed by atoms with Crippen LogP contribution >= 0.6 is 0 Å². The molecule has 70 valence electrons. The first kappa shape index (κ1) is 8.55. The Kier molecular flexibility index (Phi) is 1.76. The molecule has 0 aromatic carbocycles. The van der Waals surface area contributed by atoms with Crippen LogP contribution in [0.3, 0.4) is 0 Å². The van der Waals surface area contributed by atoms with Crippen LogP contribution in [0.4, 0.5) is 0 Å². The first-order valence-corrected chi connectivity index (χ1v) is 5.22. The van der Waals surface area contributed by atoms with Crippen LogP contribution in [0.15, 0.2) is 0 Å². The molecule has 1 aliphatic heterocycles. The van der Waals surface area contributed by atoms with Gasteiger partial charge < -0.3 is 4.74 Å². The van der Waals surface area contributed by atoms with E-state index in [2.05, 4.69) is 20.8 Å². The molecule has 0 spiro atoms. The second-order valence-electron chi connectivity index (χ2n) is 5.04. The van der Waals surface area contributed by atoms with Crippen LogP contribution in [-0.4, -0.2) is 12.2 Å². The molecular weight excluding hydrogens is 148 g/mol. The molecule has 3 atom stereocenters. The number of ether oxygens (including phenoxy) is 1. The summed E-state index contributed by atoms with van der Waals surface area (Å²) in [5, 5.41) is 0. The van der Waals surface area contributed by atoms with Gasteiger partial charge in [0.15, 0.2) is 0 Å². The highest BCUT2D eigenvalue weighted by Crippen LogP contribution is 2.56. The lowest BCUT2D eigenvalue weighted by Crippen LogP contribution is -2.49. The third kappa shape index (κ3) is 0.891. The smallest absolute Gasteiger partial charge is 0.0710 e. The summed E-state index contributed by atoms with van der Waals surface area (Å²) in [4.78, 5) is 0. The van der Waals surface area contributed by atoms with E-state index in [0.29, 0.717) is 5.41 Å². The molecule has 0 aromatic rings. The van der Waals surface area contributed by atoms with Gasteiger partial charge in [-0.1, -0.05) is 13.8 Å². The Morgan fingerprint density at radius 3 is 2.67 bits per heavy atom. The van der Waals surface area contributed by atoms with Crippen LogP contribution in [0, 0.1) is 11.3 Å². The van der Waals surface area contributed by atoms with Gasteiger partial charge in [-0.15, -0.1) is 0 Å². The zero-order chi connectivity index (χ0) is 8.82. The molecule has 1 aliphatic carbocycles. The molecule has 1 nitrogen and oxygen atoms in total. The summed E-state index contributed by atoms with van der Waals surface area (Å²) in [5.74, 6) is 0.846. The van der Waals surface area contributed by atoms with Crippen LogP contribution in [0.1, 0.15) is 46.5 Å². The number of rotatable bonds is 0. The Bertz CT molecular complexity index is 189. The van der Waals surface area contributed by atoms with E-state index in [0.717, 1.165) is 12.5 Å². The second kappa shape index (κ2) is 2.47. The molecule has 1 heterocycles. The van der Waals surface area contributed by atoms with Crippen molar-refractivity contribution in [2.75, 3.05) is 6.61 Å². The molecule has 0 unspecified atom stereocenters. The summed E-state index contributed by atoms with van der Waals surface area (Å²) in [7, 11) is 0. The molecular formula is C11H20O. The van der Waals surface area contributed by atoms with Gasteiger partial charge in [0, 0.05) is 6.61 Å². The molecule has 0 N–H and O–H groups in total. The van der Waals surface area contributed by atoms with Gasteiger partial charge in [0.25, 0.3) is 0 Å². The van der Waals surface area contributed by atoms with Gasteiger partial charge in [0.05, 0.1) is 5.60 Å². The molecule has 1 saturated heterocycles. The fourth-order valence-electron chi connectivity index (χ4n) is 3.13. The summed E-state index contributed by atoms with van der Waals surface area (Å²) in [5.41, 5.74) is 0.663. The highest BCUT2D eigenvalue weighted by atomic mass is 16.5. The molecule has 2 rings (SSSR count). The topological polar surface area (TPSA) is 9.23 Å². The molecule has 0 bridgehead atoms. The molecule has 1 heteroatoms. The Morgan fingerprint density at radius 1 is 1.25 bits per heavy atom. The first-order valence-electron chi connectivity index (χ1n) is 5.22. The minimum atomic E-state index is 0.199. The minimum Gasteiger partial charge on any atom is -0.375 e. The van der Waals surface area contributed by atoms with Crippen molar-refractivity contribution < 1.29 is 4.74 Å². The van der Waals surface area contributed by atoms with Crippen molar-refractivity contribution in [3.05, 3.63) is 0 Å². The Balaban J connectivity index is 2.30. The molecule has 1 saturated carbocycles. The maximum Gasteiger partial charge on any atom is 0.0710 e. The van der Waals surface area contributed by atoms with Crippen molar-refractivity contribution in [2.24, 2.45) is 11.3 Å². The zero-order valence-corrected chi connectivity index (χ0v) is 8.52. The molecule has 2 aliphatic rings. The Hall–Kier alpha value is -0.0400. The van der Waals surface area contributed by atoms with Crippen LogP contribution in [-0.2, 0) is 4.74 Å². The molecule has 0 amide bonds. The van der Waals surface area contributed by atoms with E-state index in [1.807, 2.05) is 0 Å². The van der Waals surface area contributed by atoms with E-state index in [4.69, 9.17) is 4.74 Å². The predicted octanol–water partition coefficient (Wildman–Crippen LogP) is 2.99. The van der Waals surface area contributed by atoms with Gasteiger partial charge >= 0.3 is 0 Å². The van der Waals surface area contributed by atoms with Crippen LogP contribution < -0.4 is 0 Å². The molecule has 2 fully saturated rings. The summed E-state index contributed by atoms with van der Waals surface area (Å²) in [6, 6.07) is 0. The van der Waals surface area contributed by atoms with Crippen molar-refractivity contribution in [3.63, 3.8) is 0 Å². The lowest BCUT2D eigenvalue weighted by atomic mass is 9.66. The second-order valence-corrected chi connectivity index (χ2v) is 5.04. The van der Waals surface area contributed by atoms with E-state index in [9.17, 15) is 0 Å². The maximum atomic E-state index is 5.96. The van der Waals surface area contributed by atoms with Crippen LogP contribution in [0.5, 0.6) is 0 Å². The monoisotopic (exact) mass is 168 g/mol. The number of hydrogen-bond acceptors (Lipinski definition) is 1. The predicted molar refractivity (Wildman–Crippen MR) is 50.1 cm³/mol. The quantitative estimate of drug-likeness (QED) is 0.540. The Labute approximate surface area is 75.5 Å².